The number of nitrogens with zero attached hydrogens (tertiary/aromatic N) is 2. The molecule has 0 atom stereocenters. The van der Waals surface area contributed by atoms with E-state index in [1.54, 1.807) is 18.3 Å². The Hall–Kier alpha value is -2.59. The van der Waals surface area contributed by atoms with Crippen molar-refractivity contribution in [2.45, 2.75) is 13.8 Å². The molecule has 2 aromatic carbocycles. The highest BCUT2D eigenvalue weighted by Crippen LogP contribution is 2.23. The average Bonchev–Trinajstić information content (AvgIpc) is 2.82. The van der Waals surface area contributed by atoms with Crippen LogP contribution < -0.4 is 5.56 Å². The zero-order chi connectivity index (χ0) is 16.4. The second-order valence-electron chi connectivity index (χ2n) is 5.34. The molecule has 0 saturated heterocycles. The standard InChI is InChI=1S/C18H16ClN3O/c1-12-7-9-14(10-8-12)22-18(23)15(13(2)21-22)11-20-17-6-4-3-5-16(17)19/h3-11,21H,1-2H3. The summed E-state index contributed by atoms with van der Waals surface area (Å²) >= 11 is 6.08. The fourth-order valence-corrected chi connectivity index (χ4v) is 2.46. The number of aryl methyl sites for hydroxylation is 2. The number of para-hydroxylation sites is 1. The van der Waals surface area contributed by atoms with Crippen LogP contribution in [0.15, 0.2) is 58.3 Å². The molecule has 0 aliphatic heterocycles. The molecule has 1 N–H and O–H groups in total. The summed E-state index contributed by atoms with van der Waals surface area (Å²) in [6.45, 7) is 3.86. The van der Waals surface area contributed by atoms with E-state index >= 15 is 0 Å². The van der Waals surface area contributed by atoms with Crippen LogP contribution in [-0.2, 0) is 0 Å². The van der Waals surface area contributed by atoms with Crippen LogP contribution in [0.5, 0.6) is 0 Å². The molecule has 0 bridgehead atoms. The lowest BCUT2D eigenvalue weighted by atomic mass is 10.2. The largest absolute Gasteiger partial charge is 0.295 e. The van der Waals surface area contributed by atoms with Gasteiger partial charge in [-0.2, -0.15) is 0 Å². The Bertz CT molecular complexity index is 920. The number of aromatic amines is 1. The number of aromatic nitrogens is 2. The van der Waals surface area contributed by atoms with E-state index in [2.05, 4.69) is 10.1 Å². The van der Waals surface area contributed by atoms with Gasteiger partial charge in [-0.15, -0.1) is 0 Å². The molecule has 3 aromatic rings. The van der Waals surface area contributed by atoms with Crippen LogP contribution in [0.25, 0.3) is 5.69 Å². The Morgan fingerprint density at radius 2 is 1.78 bits per heavy atom. The first kappa shape index (κ1) is 15.3. The zero-order valence-electron chi connectivity index (χ0n) is 12.9. The molecule has 1 aromatic heterocycles. The topological polar surface area (TPSA) is 50.1 Å². The zero-order valence-corrected chi connectivity index (χ0v) is 13.6. The van der Waals surface area contributed by atoms with Crippen LogP contribution in [0, 0.1) is 13.8 Å². The van der Waals surface area contributed by atoms with Gasteiger partial charge in [0.1, 0.15) is 0 Å². The summed E-state index contributed by atoms with van der Waals surface area (Å²) in [5.74, 6) is 0. The van der Waals surface area contributed by atoms with Gasteiger partial charge in [0.15, 0.2) is 0 Å². The van der Waals surface area contributed by atoms with E-state index in [1.165, 1.54) is 4.68 Å². The minimum absolute atomic E-state index is 0.137. The summed E-state index contributed by atoms with van der Waals surface area (Å²) in [7, 11) is 0. The molecular weight excluding hydrogens is 310 g/mol. The Balaban J connectivity index is 2.00. The quantitative estimate of drug-likeness (QED) is 0.721. The lowest BCUT2D eigenvalue weighted by molar-refractivity contribution is 0.835. The maximum Gasteiger partial charge on any atom is 0.280 e. The number of aliphatic imine (C=N–C) groups is 1. The third kappa shape index (κ3) is 3.12. The molecule has 0 saturated carbocycles. The average molecular weight is 326 g/mol. The van der Waals surface area contributed by atoms with Gasteiger partial charge in [-0.05, 0) is 38.1 Å². The van der Waals surface area contributed by atoms with Crippen molar-refractivity contribution >= 4 is 23.5 Å². The third-order valence-corrected chi connectivity index (χ3v) is 3.91. The maximum atomic E-state index is 12.6. The molecule has 0 fully saturated rings. The van der Waals surface area contributed by atoms with Gasteiger partial charge in [0, 0.05) is 11.9 Å². The predicted octanol–water partition coefficient (Wildman–Crippen LogP) is 4.19. The van der Waals surface area contributed by atoms with Crippen molar-refractivity contribution < 1.29 is 0 Å². The summed E-state index contributed by atoms with van der Waals surface area (Å²) in [4.78, 5) is 16.9. The lowest BCUT2D eigenvalue weighted by Crippen LogP contribution is -2.17. The van der Waals surface area contributed by atoms with Gasteiger partial charge in [-0.1, -0.05) is 41.4 Å². The van der Waals surface area contributed by atoms with Gasteiger partial charge in [0.25, 0.3) is 5.56 Å². The Kier molecular flexibility index (Phi) is 4.17. The number of rotatable bonds is 3. The molecule has 0 spiro atoms. The highest BCUT2D eigenvalue weighted by atomic mass is 35.5. The molecule has 116 valence electrons. The fourth-order valence-electron chi connectivity index (χ4n) is 2.28. The van der Waals surface area contributed by atoms with Crippen molar-refractivity contribution in [2.24, 2.45) is 4.99 Å². The Labute approximate surface area is 139 Å². The molecular formula is C18H16ClN3O. The molecule has 0 aliphatic carbocycles. The van der Waals surface area contributed by atoms with E-state index in [0.29, 0.717) is 16.3 Å². The van der Waals surface area contributed by atoms with Gasteiger partial charge in [-0.25, -0.2) is 4.68 Å². The highest BCUT2D eigenvalue weighted by molar-refractivity contribution is 6.33. The van der Waals surface area contributed by atoms with Crippen molar-refractivity contribution in [3.05, 3.63) is 80.7 Å². The minimum atomic E-state index is -0.137. The number of nitrogens with one attached hydrogen (secondary N) is 1. The smallest absolute Gasteiger partial charge is 0.280 e. The van der Waals surface area contributed by atoms with Crippen LogP contribution in [-0.4, -0.2) is 16.0 Å². The number of halogens is 1. The van der Waals surface area contributed by atoms with E-state index in [0.717, 1.165) is 16.9 Å². The molecule has 4 nitrogen and oxygen atoms in total. The second kappa shape index (κ2) is 6.26. The number of benzene rings is 2. The molecule has 0 radical (unpaired) electrons. The lowest BCUT2D eigenvalue weighted by Gasteiger charge is -2.01. The van der Waals surface area contributed by atoms with Crippen LogP contribution in [0.1, 0.15) is 16.8 Å². The molecule has 0 unspecified atom stereocenters. The maximum absolute atomic E-state index is 12.6. The first-order chi connectivity index (χ1) is 11.1. The van der Waals surface area contributed by atoms with Crippen LogP contribution in [0.2, 0.25) is 5.02 Å². The predicted molar refractivity (Wildman–Crippen MR) is 94.6 cm³/mol. The summed E-state index contributed by atoms with van der Waals surface area (Å²) in [6.07, 6.45) is 1.56. The minimum Gasteiger partial charge on any atom is -0.295 e. The number of hydrogen-bond acceptors (Lipinski definition) is 2. The summed E-state index contributed by atoms with van der Waals surface area (Å²) in [5, 5.41) is 3.63. The monoisotopic (exact) mass is 325 g/mol. The highest BCUT2D eigenvalue weighted by Gasteiger charge is 2.10. The molecule has 1 heterocycles. The van der Waals surface area contributed by atoms with Crippen LogP contribution in [0.3, 0.4) is 0 Å². The van der Waals surface area contributed by atoms with E-state index in [4.69, 9.17) is 11.6 Å². The van der Waals surface area contributed by atoms with Crippen molar-refractivity contribution in [3.63, 3.8) is 0 Å². The van der Waals surface area contributed by atoms with Gasteiger partial charge >= 0.3 is 0 Å². The van der Waals surface area contributed by atoms with Crippen molar-refractivity contribution in [3.8, 4) is 5.69 Å². The van der Waals surface area contributed by atoms with Gasteiger partial charge in [0.2, 0.25) is 0 Å². The third-order valence-electron chi connectivity index (χ3n) is 3.59. The van der Waals surface area contributed by atoms with Crippen molar-refractivity contribution in [1.29, 1.82) is 0 Å². The van der Waals surface area contributed by atoms with Gasteiger partial charge in [0.05, 0.1) is 22.0 Å². The first-order valence-electron chi connectivity index (χ1n) is 7.23. The Morgan fingerprint density at radius 3 is 2.48 bits per heavy atom. The molecule has 3 rings (SSSR count). The molecule has 0 amide bonds. The summed E-state index contributed by atoms with van der Waals surface area (Å²) in [5.41, 5.74) is 3.71. The summed E-state index contributed by atoms with van der Waals surface area (Å²) < 4.78 is 1.52. The number of H-pyrrole nitrogens is 1. The van der Waals surface area contributed by atoms with Crippen LogP contribution >= 0.6 is 11.6 Å². The van der Waals surface area contributed by atoms with Crippen molar-refractivity contribution in [2.75, 3.05) is 0 Å². The second-order valence-corrected chi connectivity index (χ2v) is 5.74. The summed E-state index contributed by atoms with van der Waals surface area (Å²) in [6, 6.07) is 15.0. The van der Waals surface area contributed by atoms with E-state index in [9.17, 15) is 4.79 Å². The SMILES string of the molecule is Cc1ccc(-n2[nH]c(C)c(C=Nc3ccccc3Cl)c2=O)cc1. The molecule has 23 heavy (non-hydrogen) atoms. The Morgan fingerprint density at radius 1 is 1.09 bits per heavy atom. The molecule has 5 heteroatoms. The van der Waals surface area contributed by atoms with Gasteiger partial charge < -0.3 is 0 Å². The van der Waals surface area contributed by atoms with E-state index in [1.807, 2.05) is 50.2 Å². The van der Waals surface area contributed by atoms with Gasteiger partial charge in [-0.3, -0.25) is 14.9 Å². The fraction of sp³-hybridized carbons (Fsp3) is 0.111. The molecule has 0 aliphatic rings. The van der Waals surface area contributed by atoms with E-state index in [-0.39, 0.29) is 5.56 Å². The number of hydrogen-bond donors (Lipinski definition) is 1. The van der Waals surface area contributed by atoms with Crippen LogP contribution in [0.4, 0.5) is 5.69 Å². The normalized spacial score (nSPS) is 11.3. The first-order valence-corrected chi connectivity index (χ1v) is 7.61. The van der Waals surface area contributed by atoms with E-state index < -0.39 is 0 Å². The van der Waals surface area contributed by atoms with Crippen molar-refractivity contribution in [1.82, 2.24) is 9.78 Å².